The fourth-order valence-corrected chi connectivity index (χ4v) is 2.39. The van der Waals surface area contributed by atoms with Gasteiger partial charge in [-0.15, -0.1) is 0 Å². The Balaban J connectivity index is 1.67. The summed E-state index contributed by atoms with van der Waals surface area (Å²) < 4.78 is 0. The summed E-state index contributed by atoms with van der Waals surface area (Å²) >= 11 is 0. The molecule has 1 N–H and O–H groups in total. The summed E-state index contributed by atoms with van der Waals surface area (Å²) in [7, 11) is 0. The third kappa shape index (κ3) is 2.01. The normalized spacial score (nSPS) is 37.8. The number of piperidine rings is 1. The highest BCUT2D eigenvalue weighted by atomic mass is 14.9. The van der Waals surface area contributed by atoms with Crippen LogP contribution in [0.1, 0.15) is 45.4 Å². The van der Waals surface area contributed by atoms with E-state index in [1.54, 1.807) is 0 Å². The van der Waals surface area contributed by atoms with Crippen molar-refractivity contribution in [3.05, 3.63) is 0 Å². The van der Waals surface area contributed by atoms with Crippen molar-refractivity contribution in [3.63, 3.8) is 0 Å². The van der Waals surface area contributed by atoms with Gasteiger partial charge in [0, 0.05) is 6.04 Å². The van der Waals surface area contributed by atoms with Gasteiger partial charge in [-0.25, -0.2) is 0 Å². The van der Waals surface area contributed by atoms with E-state index < -0.39 is 0 Å². The van der Waals surface area contributed by atoms with E-state index in [-0.39, 0.29) is 0 Å². The van der Waals surface area contributed by atoms with Crippen LogP contribution in [0.15, 0.2) is 0 Å². The fraction of sp³-hybridized carbons (Fsp3) is 1.00. The zero-order valence-electron chi connectivity index (χ0n) is 8.18. The van der Waals surface area contributed by atoms with Crippen molar-refractivity contribution in [3.8, 4) is 0 Å². The maximum atomic E-state index is 3.67. The quantitative estimate of drug-likeness (QED) is 0.666. The molecular weight excluding hydrogens is 146 g/mol. The van der Waals surface area contributed by atoms with Gasteiger partial charge in [-0.05, 0) is 37.6 Å². The molecule has 2 unspecified atom stereocenters. The summed E-state index contributed by atoms with van der Waals surface area (Å²) in [5, 5.41) is 3.67. The number of nitrogens with one attached hydrogen (secondary N) is 1. The lowest BCUT2D eigenvalue weighted by Gasteiger charge is -2.34. The standard InChI is InChI=1S/C11H21N/c1-9-5-6-11(12-8-9)7-10-3-2-4-10/h9-12H,2-8H2,1H3. The van der Waals surface area contributed by atoms with Crippen molar-refractivity contribution in [1.82, 2.24) is 5.32 Å². The number of hydrogen-bond donors (Lipinski definition) is 1. The molecule has 12 heavy (non-hydrogen) atoms. The van der Waals surface area contributed by atoms with Crippen molar-refractivity contribution in [2.75, 3.05) is 6.54 Å². The van der Waals surface area contributed by atoms with E-state index in [2.05, 4.69) is 12.2 Å². The smallest absolute Gasteiger partial charge is 0.00699 e. The van der Waals surface area contributed by atoms with E-state index >= 15 is 0 Å². The van der Waals surface area contributed by atoms with Crippen LogP contribution in [0.5, 0.6) is 0 Å². The van der Waals surface area contributed by atoms with Gasteiger partial charge < -0.3 is 5.32 Å². The van der Waals surface area contributed by atoms with Crippen molar-refractivity contribution in [2.24, 2.45) is 11.8 Å². The molecule has 1 heteroatoms. The first-order valence-electron chi connectivity index (χ1n) is 5.58. The minimum absolute atomic E-state index is 0.867. The van der Waals surface area contributed by atoms with Crippen LogP contribution in [-0.4, -0.2) is 12.6 Å². The zero-order valence-corrected chi connectivity index (χ0v) is 8.18. The van der Waals surface area contributed by atoms with Gasteiger partial charge in [-0.3, -0.25) is 0 Å². The van der Waals surface area contributed by atoms with Crippen molar-refractivity contribution < 1.29 is 0 Å². The Kier molecular flexibility index (Phi) is 2.69. The largest absolute Gasteiger partial charge is 0.314 e. The highest BCUT2D eigenvalue weighted by molar-refractivity contribution is 4.81. The highest BCUT2D eigenvalue weighted by Crippen LogP contribution is 2.32. The molecule has 0 bridgehead atoms. The van der Waals surface area contributed by atoms with E-state index in [0.29, 0.717) is 0 Å². The van der Waals surface area contributed by atoms with Crippen LogP contribution in [0.3, 0.4) is 0 Å². The first-order chi connectivity index (χ1) is 5.84. The Morgan fingerprint density at radius 3 is 2.50 bits per heavy atom. The topological polar surface area (TPSA) is 12.0 Å². The summed E-state index contributed by atoms with van der Waals surface area (Å²) in [6.07, 6.45) is 8.85. The van der Waals surface area contributed by atoms with E-state index in [9.17, 15) is 0 Å². The maximum absolute atomic E-state index is 3.67. The van der Waals surface area contributed by atoms with E-state index in [0.717, 1.165) is 17.9 Å². The van der Waals surface area contributed by atoms with Gasteiger partial charge in [0.15, 0.2) is 0 Å². The molecule has 1 aliphatic heterocycles. The summed E-state index contributed by atoms with van der Waals surface area (Å²) in [6, 6.07) is 0.867. The van der Waals surface area contributed by atoms with E-state index in [1.807, 2.05) is 0 Å². The molecule has 1 heterocycles. The second kappa shape index (κ2) is 3.78. The molecule has 0 spiro atoms. The monoisotopic (exact) mass is 167 g/mol. The molecule has 70 valence electrons. The summed E-state index contributed by atoms with van der Waals surface area (Å²) in [4.78, 5) is 0. The Hall–Kier alpha value is -0.0400. The van der Waals surface area contributed by atoms with Crippen molar-refractivity contribution in [2.45, 2.75) is 51.5 Å². The fourth-order valence-electron chi connectivity index (χ4n) is 2.39. The second-order valence-corrected chi connectivity index (χ2v) is 4.82. The highest BCUT2D eigenvalue weighted by Gasteiger charge is 2.24. The molecule has 1 nitrogen and oxygen atoms in total. The molecule has 1 saturated heterocycles. The Bertz CT molecular complexity index is 132. The average molecular weight is 167 g/mol. The minimum Gasteiger partial charge on any atom is -0.314 e. The molecule has 0 aromatic carbocycles. The Labute approximate surface area is 75.9 Å². The van der Waals surface area contributed by atoms with Gasteiger partial charge in [0.05, 0.1) is 0 Å². The van der Waals surface area contributed by atoms with Crippen LogP contribution in [-0.2, 0) is 0 Å². The van der Waals surface area contributed by atoms with Crippen LogP contribution in [0.4, 0.5) is 0 Å². The van der Waals surface area contributed by atoms with Gasteiger partial charge in [-0.2, -0.15) is 0 Å². The number of rotatable bonds is 2. The summed E-state index contributed by atoms with van der Waals surface area (Å²) in [5.74, 6) is 2.00. The third-order valence-corrected chi connectivity index (χ3v) is 3.61. The van der Waals surface area contributed by atoms with Gasteiger partial charge in [-0.1, -0.05) is 26.2 Å². The van der Waals surface area contributed by atoms with Crippen LogP contribution >= 0.6 is 0 Å². The van der Waals surface area contributed by atoms with E-state index in [1.165, 1.54) is 45.1 Å². The summed E-state index contributed by atoms with van der Waals surface area (Å²) in [5.41, 5.74) is 0. The van der Waals surface area contributed by atoms with Crippen molar-refractivity contribution in [1.29, 1.82) is 0 Å². The Morgan fingerprint density at radius 2 is 2.00 bits per heavy atom. The van der Waals surface area contributed by atoms with Gasteiger partial charge in [0.25, 0.3) is 0 Å². The van der Waals surface area contributed by atoms with Gasteiger partial charge >= 0.3 is 0 Å². The predicted molar refractivity (Wildman–Crippen MR) is 52.1 cm³/mol. The average Bonchev–Trinajstić information content (AvgIpc) is 2.00. The molecule has 0 amide bonds. The summed E-state index contributed by atoms with van der Waals surface area (Å²) in [6.45, 7) is 3.62. The SMILES string of the molecule is CC1CCC(CC2CCC2)NC1. The van der Waals surface area contributed by atoms with Crippen LogP contribution in [0.25, 0.3) is 0 Å². The molecule has 0 radical (unpaired) electrons. The molecule has 0 aromatic rings. The van der Waals surface area contributed by atoms with Gasteiger partial charge in [0.1, 0.15) is 0 Å². The minimum atomic E-state index is 0.867. The van der Waals surface area contributed by atoms with Crippen LogP contribution in [0, 0.1) is 11.8 Å². The maximum Gasteiger partial charge on any atom is 0.00699 e. The molecule has 2 fully saturated rings. The predicted octanol–water partition coefficient (Wildman–Crippen LogP) is 2.56. The van der Waals surface area contributed by atoms with Crippen LogP contribution < -0.4 is 5.32 Å². The van der Waals surface area contributed by atoms with E-state index in [4.69, 9.17) is 0 Å². The lowest BCUT2D eigenvalue weighted by atomic mass is 9.79. The third-order valence-electron chi connectivity index (χ3n) is 3.61. The second-order valence-electron chi connectivity index (χ2n) is 4.82. The first kappa shape index (κ1) is 8.55. The van der Waals surface area contributed by atoms with Crippen LogP contribution in [0.2, 0.25) is 0 Å². The molecule has 0 aromatic heterocycles. The zero-order chi connectivity index (χ0) is 8.39. The lowest BCUT2D eigenvalue weighted by molar-refractivity contribution is 0.224. The first-order valence-corrected chi connectivity index (χ1v) is 5.58. The molecule has 1 aliphatic carbocycles. The molecule has 2 rings (SSSR count). The molecular formula is C11H21N. The van der Waals surface area contributed by atoms with Crippen molar-refractivity contribution >= 4 is 0 Å². The Morgan fingerprint density at radius 1 is 1.17 bits per heavy atom. The lowest BCUT2D eigenvalue weighted by Crippen LogP contribution is -2.39. The molecule has 1 saturated carbocycles. The number of hydrogen-bond acceptors (Lipinski definition) is 1. The molecule has 2 atom stereocenters. The molecule has 2 aliphatic rings. The van der Waals surface area contributed by atoms with Gasteiger partial charge in [0.2, 0.25) is 0 Å².